The van der Waals surface area contributed by atoms with E-state index >= 15 is 0 Å². The molecule has 0 unspecified atom stereocenters. The molecule has 0 aromatic heterocycles. The number of carbonyl (C=O) groups is 4. The molecule has 1 aliphatic rings. The largest absolute Gasteiger partial charge is 0.478 e. The van der Waals surface area contributed by atoms with Crippen LogP contribution in [0.2, 0.25) is 0 Å². The first-order valence-corrected chi connectivity index (χ1v) is 13.4. The number of nitrogens with zero attached hydrogens (tertiary/aromatic N) is 1. The first-order chi connectivity index (χ1) is 20.6. The summed E-state index contributed by atoms with van der Waals surface area (Å²) in [6.07, 6.45) is 2.12. The molecule has 0 spiro atoms. The minimum Gasteiger partial charge on any atom is -0.478 e. The van der Waals surface area contributed by atoms with Crippen molar-refractivity contribution in [3.63, 3.8) is 0 Å². The standard InChI is InChI=1S/C33H26FNO8/c34-21-11-13-22(14-12-21)43-23-8-3-5-19(15-23)18-35(29-10-4-7-20-6-1-2-9-24(20)29)30(36)25-16-27(32(39)40)28(33(41)42)17-26(25)31(37)38/h1-3,5-6,8-9,11-17,29H,4,7,10,18H2,(H,37,38)(H,39,40)(H,41,42)/t29-/m0/s1. The molecule has 0 bridgehead atoms. The topological polar surface area (TPSA) is 141 Å². The smallest absolute Gasteiger partial charge is 0.336 e. The molecule has 5 rings (SSSR count). The molecule has 3 N–H and O–H groups in total. The zero-order valence-electron chi connectivity index (χ0n) is 22.7. The third kappa shape index (κ3) is 6.23. The van der Waals surface area contributed by atoms with Crippen molar-refractivity contribution in [2.45, 2.75) is 31.8 Å². The normalized spacial score (nSPS) is 13.9. The van der Waals surface area contributed by atoms with Crippen LogP contribution in [0, 0.1) is 5.82 Å². The quantitative estimate of drug-likeness (QED) is 0.205. The highest BCUT2D eigenvalue weighted by molar-refractivity contribution is 6.10. The molecule has 1 aliphatic carbocycles. The highest BCUT2D eigenvalue weighted by Gasteiger charge is 2.33. The fraction of sp³-hybridized carbons (Fsp3) is 0.152. The highest BCUT2D eigenvalue weighted by Crippen LogP contribution is 2.37. The molecule has 0 saturated heterocycles. The van der Waals surface area contributed by atoms with Crippen LogP contribution in [-0.2, 0) is 13.0 Å². The number of ether oxygens (including phenoxy) is 1. The van der Waals surface area contributed by atoms with E-state index in [4.69, 9.17) is 4.74 Å². The van der Waals surface area contributed by atoms with Gasteiger partial charge >= 0.3 is 17.9 Å². The van der Waals surface area contributed by atoms with E-state index in [1.807, 2.05) is 24.3 Å². The average molecular weight is 584 g/mol. The van der Waals surface area contributed by atoms with Crippen molar-refractivity contribution in [2.75, 3.05) is 0 Å². The zero-order chi connectivity index (χ0) is 30.7. The van der Waals surface area contributed by atoms with E-state index in [1.165, 1.54) is 29.2 Å². The summed E-state index contributed by atoms with van der Waals surface area (Å²) >= 11 is 0. The maximum absolute atomic E-state index is 14.3. The first kappa shape index (κ1) is 29.0. The highest BCUT2D eigenvalue weighted by atomic mass is 19.1. The predicted octanol–water partition coefficient (Wildman–Crippen LogP) is 6.43. The van der Waals surface area contributed by atoms with Crippen LogP contribution >= 0.6 is 0 Å². The summed E-state index contributed by atoms with van der Waals surface area (Å²) in [7, 11) is 0. The van der Waals surface area contributed by atoms with E-state index in [-0.39, 0.29) is 6.54 Å². The summed E-state index contributed by atoms with van der Waals surface area (Å²) in [5.41, 5.74) is 0.0791. The van der Waals surface area contributed by atoms with E-state index in [1.54, 1.807) is 24.3 Å². The molecule has 0 saturated carbocycles. The van der Waals surface area contributed by atoms with Crippen molar-refractivity contribution in [1.29, 1.82) is 0 Å². The number of carboxylic acids is 3. The number of rotatable bonds is 9. The fourth-order valence-electron chi connectivity index (χ4n) is 5.38. The van der Waals surface area contributed by atoms with E-state index in [2.05, 4.69) is 0 Å². The van der Waals surface area contributed by atoms with E-state index in [9.17, 15) is 38.9 Å². The number of hydrogen-bond donors (Lipinski definition) is 3. The average Bonchev–Trinajstić information content (AvgIpc) is 3.00. The van der Waals surface area contributed by atoms with Crippen molar-refractivity contribution in [3.05, 3.63) is 130 Å². The lowest BCUT2D eigenvalue weighted by molar-refractivity contribution is 0.0611. The Morgan fingerprint density at radius 2 is 1.37 bits per heavy atom. The third-order valence-corrected chi connectivity index (χ3v) is 7.35. The Kier molecular flexibility index (Phi) is 8.20. The lowest BCUT2D eigenvalue weighted by Gasteiger charge is -2.36. The summed E-state index contributed by atoms with van der Waals surface area (Å²) in [4.78, 5) is 51.7. The van der Waals surface area contributed by atoms with Crippen molar-refractivity contribution >= 4 is 23.8 Å². The first-order valence-electron chi connectivity index (χ1n) is 13.4. The Morgan fingerprint density at radius 3 is 2.05 bits per heavy atom. The van der Waals surface area contributed by atoms with Gasteiger partial charge in [0.25, 0.3) is 5.91 Å². The number of hydrogen-bond acceptors (Lipinski definition) is 5. The second-order valence-electron chi connectivity index (χ2n) is 10.1. The Labute approximate surface area is 245 Å². The number of carboxylic acid groups (broad SMARTS) is 3. The Hall–Kier alpha value is -5.51. The molecule has 10 heteroatoms. The lowest BCUT2D eigenvalue weighted by Crippen LogP contribution is -2.37. The van der Waals surface area contributed by atoms with Crippen LogP contribution in [0.4, 0.5) is 4.39 Å². The van der Waals surface area contributed by atoms with Gasteiger partial charge in [-0.3, -0.25) is 4.79 Å². The molecular formula is C33H26FNO8. The molecule has 9 nitrogen and oxygen atoms in total. The maximum Gasteiger partial charge on any atom is 0.336 e. The second-order valence-corrected chi connectivity index (χ2v) is 10.1. The molecule has 1 amide bonds. The molecule has 0 fully saturated rings. The number of halogens is 1. The fourth-order valence-corrected chi connectivity index (χ4v) is 5.38. The zero-order valence-corrected chi connectivity index (χ0v) is 22.7. The van der Waals surface area contributed by atoms with Crippen LogP contribution in [0.15, 0.2) is 84.9 Å². The predicted molar refractivity (Wildman–Crippen MR) is 152 cm³/mol. The summed E-state index contributed by atoms with van der Waals surface area (Å²) < 4.78 is 19.2. The van der Waals surface area contributed by atoms with Crippen molar-refractivity contribution in [1.82, 2.24) is 4.90 Å². The van der Waals surface area contributed by atoms with Gasteiger partial charge < -0.3 is 25.0 Å². The van der Waals surface area contributed by atoms with Gasteiger partial charge in [-0.25, -0.2) is 18.8 Å². The summed E-state index contributed by atoms with van der Waals surface area (Å²) in [5.74, 6) is -5.15. The molecule has 4 aromatic rings. The molecule has 218 valence electrons. The van der Waals surface area contributed by atoms with Crippen LogP contribution in [0.5, 0.6) is 11.5 Å². The van der Waals surface area contributed by atoms with Crippen molar-refractivity contribution in [2.24, 2.45) is 0 Å². The molecular weight excluding hydrogens is 557 g/mol. The lowest BCUT2D eigenvalue weighted by atomic mass is 9.86. The van der Waals surface area contributed by atoms with Crippen LogP contribution in [0.1, 0.15) is 77.0 Å². The van der Waals surface area contributed by atoms with Gasteiger partial charge in [0, 0.05) is 6.54 Å². The molecule has 4 aromatic carbocycles. The maximum atomic E-state index is 14.3. The molecule has 0 heterocycles. The minimum absolute atomic E-state index is 0.000593. The molecule has 1 atom stereocenters. The monoisotopic (exact) mass is 583 g/mol. The second kappa shape index (κ2) is 12.2. The number of aryl methyl sites for hydroxylation is 1. The van der Waals surface area contributed by atoms with Crippen molar-refractivity contribution in [3.8, 4) is 11.5 Å². The van der Waals surface area contributed by atoms with Crippen LogP contribution in [0.3, 0.4) is 0 Å². The van der Waals surface area contributed by atoms with E-state index < -0.39 is 57.9 Å². The minimum atomic E-state index is -1.63. The van der Waals surface area contributed by atoms with E-state index in [0.29, 0.717) is 29.5 Å². The Balaban J connectivity index is 1.59. The van der Waals surface area contributed by atoms with Crippen LogP contribution in [0.25, 0.3) is 0 Å². The molecule has 0 radical (unpaired) electrons. The number of carbonyl (C=O) groups excluding carboxylic acids is 1. The molecule has 0 aliphatic heterocycles. The van der Waals surface area contributed by atoms with Crippen LogP contribution < -0.4 is 4.74 Å². The summed E-state index contributed by atoms with van der Waals surface area (Å²) in [6, 6.07) is 21.0. The summed E-state index contributed by atoms with van der Waals surface area (Å²) in [5, 5.41) is 29.2. The number of benzene rings is 4. The van der Waals surface area contributed by atoms with Gasteiger partial charge in [-0.15, -0.1) is 0 Å². The van der Waals surface area contributed by atoms with Gasteiger partial charge in [0.05, 0.1) is 28.3 Å². The van der Waals surface area contributed by atoms with Gasteiger partial charge in [0.2, 0.25) is 0 Å². The summed E-state index contributed by atoms with van der Waals surface area (Å²) in [6.45, 7) is 0.000593. The number of aromatic carboxylic acids is 3. The van der Waals surface area contributed by atoms with Crippen LogP contribution in [-0.4, -0.2) is 44.0 Å². The van der Waals surface area contributed by atoms with E-state index in [0.717, 1.165) is 30.0 Å². The SMILES string of the molecule is O=C(O)c1cc(C(=O)O)c(C(=O)N(Cc2cccc(Oc3ccc(F)cc3)c2)[C@H]2CCCc3ccccc32)cc1C(=O)O. The third-order valence-electron chi connectivity index (χ3n) is 7.35. The number of fused-ring (bicyclic) bond motifs is 1. The van der Waals surface area contributed by atoms with Crippen molar-refractivity contribution < 1.29 is 43.6 Å². The Morgan fingerprint density at radius 1 is 0.744 bits per heavy atom. The number of amides is 1. The van der Waals surface area contributed by atoms with Gasteiger partial charge in [0.15, 0.2) is 0 Å². The molecule has 43 heavy (non-hydrogen) atoms. The van der Waals surface area contributed by atoms with Gasteiger partial charge in [-0.2, -0.15) is 0 Å². The Bertz CT molecular complexity index is 1730. The van der Waals surface area contributed by atoms with Gasteiger partial charge in [0.1, 0.15) is 17.3 Å². The van der Waals surface area contributed by atoms with Gasteiger partial charge in [-0.05, 0) is 84.5 Å². The van der Waals surface area contributed by atoms with Gasteiger partial charge in [-0.1, -0.05) is 36.4 Å².